The summed E-state index contributed by atoms with van der Waals surface area (Å²) in [4.78, 5) is 13.8. The SMILES string of the molecule is COC(=O)C(C)(N)CN1CC(C)(C)OC(C)(C)C1. The van der Waals surface area contributed by atoms with Crippen LogP contribution in [0, 0.1) is 0 Å². The second-order valence-corrected chi connectivity index (χ2v) is 6.68. The average Bonchev–Trinajstić information content (AvgIpc) is 2.09. The van der Waals surface area contributed by atoms with Gasteiger partial charge in [-0.15, -0.1) is 0 Å². The fourth-order valence-corrected chi connectivity index (χ4v) is 2.82. The van der Waals surface area contributed by atoms with Crippen molar-refractivity contribution in [3.05, 3.63) is 0 Å². The van der Waals surface area contributed by atoms with E-state index in [9.17, 15) is 4.79 Å². The van der Waals surface area contributed by atoms with Crippen LogP contribution < -0.4 is 5.73 Å². The van der Waals surface area contributed by atoms with E-state index in [1.807, 2.05) is 27.7 Å². The standard InChI is InChI=1S/C13H26N2O3/c1-11(2)7-15(8-12(3,4)18-11)9-13(5,14)10(16)17-6/h7-9,14H2,1-6H3. The number of hydrogen-bond donors (Lipinski definition) is 1. The van der Waals surface area contributed by atoms with E-state index in [1.54, 1.807) is 6.92 Å². The molecule has 0 bridgehead atoms. The number of nitrogens with zero attached hydrogens (tertiary/aromatic N) is 1. The van der Waals surface area contributed by atoms with E-state index in [0.717, 1.165) is 13.1 Å². The van der Waals surface area contributed by atoms with E-state index < -0.39 is 5.54 Å². The van der Waals surface area contributed by atoms with Gasteiger partial charge in [-0.2, -0.15) is 0 Å². The molecule has 1 unspecified atom stereocenters. The molecule has 1 aliphatic heterocycles. The Morgan fingerprint density at radius 2 is 1.78 bits per heavy atom. The topological polar surface area (TPSA) is 64.8 Å². The van der Waals surface area contributed by atoms with Gasteiger partial charge in [0.15, 0.2) is 0 Å². The summed E-state index contributed by atoms with van der Waals surface area (Å²) in [5.74, 6) is -0.385. The lowest BCUT2D eigenvalue weighted by atomic mass is 9.96. The molecule has 0 aliphatic carbocycles. The Balaban J connectivity index is 2.76. The molecule has 0 radical (unpaired) electrons. The summed E-state index contributed by atoms with van der Waals surface area (Å²) >= 11 is 0. The van der Waals surface area contributed by atoms with Crippen LogP contribution in [0.4, 0.5) is 0 Å². The minimum absolute atomic E-state index is 0.242. The summed E-state index contributed by atoms with van der Waals surface area (Å²) in [6.45, 7) is 11.9. The molecule has 0 aromatic heterocycles. The monoisotopic (exact) mass is 258 g/mol. The first-order valence-electron chi connectivity index (χ1n) is 6.27. The Morgan fingerprint density at radius 1 is 1.33 bits per heavy atom. The number of esters is 1. The van der Waals surface area contributed by atoms with Crippen molar-refractivity contribution >= 4 is 5.97 Å². The minimum Gasteiger partial charge on any atom is -0.468 e. The summed E-state index contributed by atoms with van der Waals surface area (Å²) in [7, 11) is 1.36. The van der Waals surface area contributed by atoms with Gasteiger partial charge in [-0.1, -0.05) is 0 Å². The van der Waals surface area contributed by atoms with Crippen LogP contribution >= 0.6 is 0 Å². The van der Waals surface area contributed by atoms with E-state index in [0.29, 0.717) is 6.54 Å². The van der Waals surface area contributed by atoms with Gasteiger partial charge >= 0.3 is 5.97 Å². The highest BCUT2D eigenvalue weighted by Crippen LogP contribution is 2.28. The van der Waals surface area contributed by atoms with Crippen molar-refractivity contribution in [3.8, 4) is 0 Å². The maximum Gasteiger partial charge on any atom is 0.326 e. The number of methoxy groups -OCH3 is 1. The molecule has 1 aliphatic rings. The van der Waals surface area contributed by atoms with Gasteiger partial charge in [0.1, 0.15) is 5.54 Å². The number of morpholine rings is 1. The molecular formula is C13H26N2O3. The van der Waals surface area contributed by atoms with Gasteiger partial charge in [-0.25, -0.2) is 0 Å². The van der Waals surface area contributed by atoms with Crippen LogP contribution in [0.1, 0.15) is 34.6 Å². The number of carbonyl (C=O) groups is 1. The maximum atomic E-state index is 11.6. The highest BCUT2D eigenvalue weighted by molar-refractivity contribution is 5.80. The molecule has 5 heteroatoms. The molecule has 5 nitrogen and oxygen atoms in total. The van der Waals surface area contributed by atoms with Crippen molar-refractivity contribution in [2.24, 2.45) is 5.73 Å². The second-order valence-electron chi connectivity index (χ2n) is 6.68. The van der Waals surface area contributed by atoms with Crippen molar-refractivity contribution < 1.29 is 14.3 Å². The summed E-state index contributed by atoms with van der Waals surface area (Å²) in [6, 6.07) is 0. The van der Waals surface area contributed by atoms with Crippen LogP contribution in [0.3, 0.4) is 0 Å². The number of ether oxygens (including phenoxy) is 2. The fourth-order valence-electron chi connectivity index (χ4n) is 2.82. The Bertz CT molecular complexity index is 308. The van der Waals surface area contributed by atoms with Crippen LogP contribution in [-0.2, 0) is 14.3 Å². The predicted molar refractivity (Wildman–Crippen MR) is 70.3 cm³/mol. The van der Waals surface area contributed by atoms with Crippen molar-refractivity contribution in [2.75, 3.05) is 26.7 Å². The number of carbonyl (C=O) groups excluding carboxylic acids is 1. The summed E-state index contributed by atoms with van der Waals surface area (Å²) in [5.41, 5.74) is 4.55. The number of hydrogen-bond acceptors (Lipinski definition) is 5. The third-order valence-electron chi connectivity index (χ3n) is 2.97. The van der Waals surface area contributed by atoms with E-state index >= 15 is 0 Å². The van der Waals surface area contributed by atoms with E-state index in [4.69, 9.17) is 15.2 Å². The highest BCUT2D eigenvalue weighted by Gasteiger charge is 2.41. The molecule has 0 spiro atoms. The zero-order valence-corrected chi connectivity index (χ0v) is 12.4. The normalized spacial score (nSPS) is 26.4. The van der Waals surface area contributed by atoms with Gasteiger partial charge in [0.05, 0.1) is 18.3 Å². The third-order valence-corrected chi connectivity index (χ3v) is 2.97. The molecule has 1 saturated heterocycles. The lowest BCUT2D eigenvalue weighted by molar-refractivity contribution is -0.184. The molecular weight excluding hydrogens is 232 g/mol. The number of nitrogens with two attached hydrogens (primary N) is 1. The van der Waals surface area contributed by atoms with E-state index in [1.165, 1.54) is 7.11 Å². The molecule has 0 amide bonds. The van der Waals surface area contributed by atoms with Gasteiger partial charge in [0, 0.05) is 19.6 Å². The fraction of sp³-hybridized carbons (Fsp3) is 0.923. The Morgan fingerprint density at radius 3 is 2.17 bits per heavy atom. The molecule has 1 rings (SSSR count). The summed E-state index contributed by atoms with van der Waals surface area (Å²) < 4.78 is 10.7. The van der Waals surface area contributed by atoms with Crippen LogP contribution in [0.5, 0.6) is 0 Å². The highest BCUT2D eigenvalue weighted by atomic mass is 16.5. The zero-order chi connectivity index (χ0) is 14.2. The lowest BCUT2D eigenvalue weighted by Crippen LogP contribution is -2.62. The average molecular weight is 258 g/mol. The van der Waals surface area contributed by atoms with Crippen molar-refractivity contribution in [2.45, 2.75) is 51.4 Å². The van der Waals surface area contributed by atoms with E-state index in [-0.39, 0.29) is 17.2 Å². The van der Waals surface area contributed by atoms with Gasteiger partial charge in [0.2, 0.25) is 0 Å². The first-order valence-corrected chi connectivity index (χ1v) is 6.27. The van der Waals surface area contributed by atoms with Gasteiger partial charge in [-0.05, 0) is 34.6 Å². The third kappa shape index (κ3) is 3.93. The minimum atomic E-state index is -0.988. The second kappa shape index (κ2) is 4.79. The first-order chi connectivity index (χ1) is 7.97. The van der Waals surface area contributed by atoms with Gasteiger partial charge < -0.3 is 15.2 Å². The molecule has 0 saturated carbocycles. The van der Waals surface area contributed by atoms with Crippen molar-refractivity contribution in [1.29, 1.82) is 0 Å². The van der Waals surface area contributed by atoms with Crippen LogP contribution in [0.25, 0.3) is 0 Å². The van der Waals surface area contributed by atoms with Gasteiger partial charge in [0.25, 0.3) is 0 Å². The quantitative estimate of drug-likeness (QED) is 0.757. The largest absolute Gasteiger partial charge is 0.468 e. The lowest BCUT2D eigenvalue weighted by Gasteiger charge is -2.48. The molecule has 18 heavy (non-hydrogen) atoms. The number of rotatable bonds is 3. The predicted octanol–water partition coefficient (Wildman–Crippen LogP) is 0.766. The summed E-state index contributed by atoms with van der Waals surface area (Å²) in [5, 5.41) is 0. The van der Waals surface area contributed by atoms with Crippen molar-refractivity contribution in [1.82, 2.24) is 4.90 Å². The molecule has 0 aromatic carbocycles. The van der Waals surface area contributed by atoms with Crippen LogP contribution in [0.2, 0.25) is 0 Å². The van der Waals surface area contributed by atoms with E-state index in [2.05, 4.69) is 4.90 Å². The molecule has 1 heterocycles. The molecule has 1 fully saturated rings. The smallest absolute Gasteiger partial charge is 0.326 e. The first kappa shape index (κ1) is 15.4. The zero-order valence-electron chi connectivity index (χ0n) is 12.4. The molecule has 106 valence electrons. The Hall–Kier alpha value is -0.650. The molecule has 0 aromatic rings. The van der Waals surface area contributed by atoms with Crippen molar-refractivity contribution in [3.63, 3.8) is 0 Å². The Labute approximate surface area is 110 Å². The summed E-state index contributed by atoms with van der Waals surface area (Å²) in [6.07, 6.45) is 0. The van der Waals surface area contributed by atoms with Crippen LogP contribution in [-0.4, -0.2) is 54.4 Å². The van der Waals surface area contributed by atoms with Crippen LogP contribution in [0.15, 0.2) is 0 Å². The van der Waals surface area contributed by atoms with Gasteiger partial charge in [-0.3, -0.25) is 9.69 Å². The molecule has 2 N–H and O–H groups in total. The Kier molecular flexibility index (Phi) is 4.10. The molecule has 1 atom stereocenters. The maximum absolute atomic E-state index is 11.6.